The maximum absolute atomic E-state index is 12.5. The second-order valence-electron chi connectivity index (χ2n) is 4.98. The fourth-order valence-corrected chi connectivity index (χ4v) is 2.00. The van der Waals surface area contributed by atoms with Gasteiger partial charge in [-0.15, -0.1) is 0 Å². The summed E-state index contributed by atoms with van der Waals surface area (Å²) < 4.78 is 4.63. The molecule has 0 fully saturated rings. The van der Waals surface area contributed by atoms with Gasteiger partial charge in [-0.3, -0.25) is 9.59 Å². The van der Waals surface area contributed by atoms with Crippen molar-refractivity contribution in [1.82, 2.24) is 10.5 Å². The minimum absolute atomic E-state index is 0.0583. The second-order valence-corrected chi connectivity index (χ2v) is 5.42. The molecule has 0 radical (unpaired) electrons. The first-order chi connectivity index (χ1) is 9.99. The van der Waals surface area contributed by atoms with Gasteiger partial charge >= 0.3 is 0 Å². The number of hydrogen-bond acceptors (Lipinski definition) is 4. The van der Waals surface area contributed by atoms with Gasteiger partial charge in [-0.05, 0) is 30.2 Å². The molecule has 0 bridgehead atoms. The van der Waals surface area contributed by atoms with Crippen molar-refractivity contribution in [2.75, 3.05) is 0 Å². The Morgan fingerprint density at radius 3 is 2.38 bits per heavy atom. The molecule has 0 saturated carbocycles. The Balaban J connectivity index is 2.17. The van der Waals surface area contributed by atoms with E-state index in [4.69, 9.17) is 11.6 Å². The van der Waals surface area contributed by atoms with Gasteiger partial charge in [-0.25, -0.2) is 0 Å². The van der Waals surface area contributed by atoms with Crippen LogP contribution >= 0.6 is 11.6 Å². The first kappa shape index (κ1) is 15.3. The Morgan fingerprint density at radius 1 is 1.19 bits per heavy atom. The highest BCUT2D eigenvalue weighted by atomic mass is 35.5. The van der Waals surface area contributed by atoms with Gasteiger partial charge in [0.15, 0.2) is 5.78 Å². The van der Waals surface area contributed by atoms with Crippen LogP contribution in [0, 0.1) is 5.92 Å². The number of benzene rings is 1. The van der Waals surface area contributed by atoms with Gasteiger partial charge in [0, 0.05) is 10.6 Å². The molecule has 5 nitrogen and oxygen atoms in total. The molecule has 0 aliphatic heterocycles. The maximum atomic E-state index is 12.5. The zero-order valence-electron chi connectivity index (χ0n) is 11.7. The number of carbonyl (C=O) groups is 2. The largest absolute Gasteiger partial charge is 0.364 e. The lowest BCUT2D eigenvalue weighted by atomic mass is 9.94. The molecular weight excluding hydrogens is 292 g/mol. The van der Waals surface area contributed by atoms with E-state index < -0.39 is 11.9 Å². The highest BCUT2D eigenvalue weighted by Crippen LogP contribution is 2.15. The molecule has 1 aromatic heterocycles. The van der Waals surface area contributed by atoms with Crippen molar-refractivity contribution in [1.29, 1.82) is 0 Å². The van der Waals surface area contributed by atoms with Crippen LogP contribution in [-0.4, -0.2) is 22.9 Å². The summed E-state index contributed by atoms with van der Waals surface area (Å²) in [5, 5.41) is 6.74. The number of nitrogens with one attached hydrogen (secondary N) is 1. The van der Waals surface area contributed by atoms with Crippen molar-refractivity contribution in [2.45, 2.75) is 19.9 Å². The van der Waals surface area contributed by atoms with Crippen molar-refractivity contribution in [3.05, 3.63) is 52.9 Å². The molecule has 2 rings (SSSR count). The zero-order valence-corrected chi connectivity index (χ0v) is 12.4. The summed E-state index contributed by atoms with van der Waals surface area (Å²) >= 11 is 5.81. The van der Waals surface area contributed by atoms with Crippen molar-refractivity contribution in [3.8, 4) is 0 Å². The molecule has 1 unspecified atom stereocenters. The molecule has 110 valence electrons. The molecule has 1 aromatic carbocycles. The monoisotopic (exact) mass is 306 g/mol. The summed E-state index contributed by atoms with van der Waals surface area (Å²) in [6.07, 6.45) is 2.54. The van der Waals surface area contributed by atoms with Crippen LogP contribution in [0.15, 0.2) is 41.2 Å². The van der Waals surface area contributed by atoms with Gasteiger partial charge in [0.1, 0.15) is 6.26 Å². The van der Waals surface area contributed by atoms with Gasteiger partial charge in [-0.1, -0.05) is 30.6 Å². The average Bonchev–Trinajstić information content (AvgIpc) is 2.98. The van der Waals surface area contributed by atoms with Crippen molar-refractivity contribution >= 4 is 23.3 Å². The summed E-state index contributed by atoms with van der Waals surface area (Å²) in [5.41, 5.74) is 0.785. The predicted octanol–water partition coefficient (Wildman–Crippen LogP) is 2.97. The molecule has 1 amide bonds. The first-order valence-corrected chi connectivity index (χ1v) is 6.87. The number of carbonyl (C=O) groups excluding carboxylic acids is 2. The standard InChI is InChI=1S/C15H15ClN2O3/c1-9(2)13(18-15(20)11-7-17-21-8-11)14(19)10-3-5-12(16)6-4-10/h3-9,13H,1-2H3,(H,18,20). The number of ketones is 1. The van der Waals surface area contributed by atoms with E-state index in [-0.39, 0.29) is 17.3 Å². The minimum atomic E-state index is -0.631. The molecule has 2 aromatic rings. The third-order valence-corrected chi connectivity index (χ3v) is 3.31. The van der Waals surface area contributed by atoms with E-state index in [2.05, 4.69) is 15.0 Å². The van der Waals surface area contributed by atoms with E-state index >= 15 is 0 Å². The quantitative estimate of drug-likeness (QED) is 0.862. The third-order valence-electron chi connectivity index (χ3n) is 3.06. The minimum Gasteiger partial charge on any atom is -0.364 e. The van der Waals surface area contributed by atoms with E-state index in [9.17, 15) is 9.59 Å². The van der Waals surface area contributed by atoms with Crippen LogP contribution in [0.2, 0.25) is 5.02 Å². The van der Waals surface area contributed by atoms with Crippen molar-refractivity contribution < 1.29 is 14.1 Å². The lowest BCUT2D eigenvalue weighted by Gasteiger charge is -2.20. The highest BCUT2D eigenvalue weighted by Gasteiger charge is 2.26. The number of nitrogens with zero attached hydrogens (tertiary/aromatic N) is 1. The SMILES string of the molecule is CC(C)C(NC(=O)c1cnoc1)C(=O)c1ccc(Cl)cc1. The van der Waals surface area contributed by atoms with Crippen LogP contribution < -0.4 is 5.32 Å². The first-order valence-electron chi connectivity index (χ1n) is 6.49. The fourth-order valence-electron chi connectivity index (χ4n) is 1.87. The number of aromatic nitrogens is 1. The van der Waals surface area contributed by atoms with E-state index in [1.54, 1.807) is 24.3 Å². The number of halogens is 1. The van der Waals surface area contributed by atoms with Gasteiger partial charge < -0.3 is 9.84 Å². The Kier molecular flexibility index (Phi) is 4.75. The maximum Gasteiger partial charge on any atom is 0.256 e. The normalized spacial score (nSPS) is 12.2. The Bertz CT molecular complexity index is 621. The lowest BCUT2D eigenvalue weighted by molar-refractivity contribution is 0.0831. The number of amides is 1. The summed E-state index contributed by atoms with van der Waals surface area (Å²) in [6, 6.07) is 5.95. The Hall–Kier alpha value is -2.14. The molecule has 1 N–H and O–H groups in total. The second kappa shape index (κ2) is 6.54. The topological polar surface area (TPSA) is 72.2 Å². The number of rotatable bonds is 5. The number of Topliss-reactive ketones (excluding diaryl/α,β-unsaturated/α-hetero) is 1. The van der Waals surface area contributed by atoms with Crippen molar-refractivity contribution in [2.24, 2.45) is 5.92 Å². The summed E-state index contributed by atoms with van der Waals surface area (Å²) in [4.78, 5) is 24.5. The molecule has 0 spiro atoms. The van der Waals surface area contributed by atoms with E-state index in [0.717, 1.165) is 0 Å². The molecule has 21 heavy (non-hydrogen) atoms. The van der Waals surface area contributed by atoms with Gasteiger partial charge in [0.2, 0.25) is 0 Å². The Morgan fingerprint density at radius 2 is 1.86 bits per heavy atom. The predicted molar refractivity (Wildman–Crippen MR) is 78.4 cm³/mol. The van der Waals surface area contributed by atoms with Gasteiger partial charge in [0.05, 0.1) is 17.8 Å². The summed E-state index contributed by atoms with van der Waals surface area (Å²) in [6.45, 7) is 3.73. The molecule has 0 aliphatic rings. The molecule has 1 atom stereocenters. The van der Waals surface area contributed by atoms with Crippen LogP contribution in [-0.2, 0) is 0 Å². The van der Waals surface area contributed by atoms with Crippen molar-refractivity contribution in [3.63, 3.8) is 0 Å². The van der Waals surface area contributed by atoms with E-state index in [0.29, 0.717) is 10.6 Å². The number of hydrogen-bond donors (Lipinski definition) is 1. The summed E-state index contributed by atoms with van der Waals surface area (Å²) in [5.74, 6) is -0.610. The van der Waals surface area contributed by atoms with Crippen LogP contribution in [0.25, 0.3) is 0 Å². The molecular formula is C15H15ClN2O3. The van der Waals surface area contributed by atoms with Gasteiger partial charge in [0.25, 0.3) is 5.91 Å². The van der Waals surface area contributed by atoms with Gasteiger partial charge in [-0.2, -0.15) is 0 Å². The van der Waals surface area contributed by atoms with Crippen LogP contribution in [0.3, 0.4) is 0 Å². The van der Waals surface area contributed by atoms with Crippen LogP contribution in [0.5, 0.6) is 0 Å². The molecule has 6 heteroatoms. The fraction of sp³-hybridized carbons (Fsp3) is 0.267. The molecule has 0 aliphatic carbocycles. The average molecular weight is 307 g/mol. The molecule has 0 saturated heterocycles. The van der Waals surface area contributed by atoms with Crippen LogP contribution in [0.4, 0.5) is 0 Å². The van der Waals surface area contributed by atoms with Crippen LogP contribution in [0.1, 0.15) is 34.6 Å². The smallest absolute Gasteiger partial charge is 0.256 e. The highest BCUT2D eigenvalue weighted by molar-refractivity contribution is 6.30. The Labute approximate surface area is 127 Å². The summed E-state index contributed by atoms with van der Waals surface area (Å²) in [7, 11) is 0. The lowest BCUT2D eigenvalue weighted by Crippen LogP contribution is -2.44. The van der Waals surface area contributed by atoms with E-state index in [1.807, 2.05) is 13.8 Å². The zero-order chi connectivity index (χ0) is 15.4. The van der Waals surface area contributed by atoms with E-state index in [1.165, 1.54) is 12.5 Å². The third kappa shape index (κ3) is 3.70. The molecule has 1 heterocycles.